The highest BCUT2D eigenvalue weighted by Gasteiger charge is 2.58. The molecule has 7 nitrogen and oxygen atoms in total. The van der Waals surface area contributed by atoms with Crippen LogP contribution in [-0.4, -0.2) is 40.7 Å². The second-order valence-corrected chi connectivity index (χ2v) is 8.84. The molecular formula is C22H23F4N3O4. The Morgan fingerprint density at radius 3 is 2.33 bits per heavy atom. The van der Waals surface area contributed by atoms with Crippen molar-refractivity contribution in [2.24, 2.45) is 17.6 Å². The number of alkyl halides is 3. The van der Waals surface area contributed by atoms with Gasteiger partial charge in [0.1, 0.15) is 11.9 Å². The topological polar surface area (TPSA) is 110 Å². The maximum atomic E-state index is 15.5. The third kappa shape index (κ3) is 3.97. The third-order valence-corrected chi connectivity index (χ3v) is 6.93. The number of hydrogen-bond donors (Lipinski definition) is 2. The first-order valence-corrected chi connectivity index (χ1v) is 10.9. The van der Waals surface area contributed by atoms with E-state index < -0.39 is 70.7 Å². The number of nitrogens with zero attached hydrogens (tertiary/aromatic N) is 1. The molecular weight excluding hydrogens is 446 g/mol. The summed E-state index contributed by atoms with van der Waals surface area (Å²) in [6.45, 7) is 0. The van der Waals surface area contributed by atoms with Crippen LogP contribution < -0.4 is 11.1 Å². The Balaban J connectivity index is 1.91. The molecule has 1 saturated carbocycles. The van der Waals surface area contributed by atoms with Crippen molar-refractivity contribution in [3.05, 3.63) is 34.6 Å². The summed E-state index contributed by atoms with van der Waals surface area (Å²) in [6, 6.07) is -1.19. The van der Waals surface area contributed by atoms with E-state index in [2.05, 4.69) is 5.32 Å². The van der Waals surface area contributed by atoms with Crippen molar-refractivity contribution in [2.45, 2.75) is 63.2 Å². The average molecular weight is 469 g/mol. The molecule has 1 saturated heterocycles. The molecule has 178 valence electrons. The number of imide groups is 1. The molecule has 2 fully saturated rings. The van der Waals surface area contributed by atoms with Crippen molar-refractivity contribution in [2.75, 3.05) is 0 Å². The minimum absolute atomic E-state index is 0.168. The largest absolute Gasteiger partial charge is 0.394 e. The summed E-state index contributed by atoms with van der Waals surface area (Å²) in [5, 5.41) is 2.05. The molecule has 0 spiro atoms. The maximum Gasteiger partial charge on any atom is 0.394 e. The van der Waals surface area contributed by atoms with Gasteiger partial charge in [0.2, 0.25) is 11.8 Å². The zero-order valence-electron chi connectivity index (χ0n) is 17.6. The Morgan fingerprint density at radius 2 is 1.76 bits per heavy atom. The average Bonchev–Trinajstić information content (AvgIpc) is 3.01. The molecule has 1 aromatic rings. The van der Waals surface area contributed by atoms with Crippen molar-refractivity contribution < 1.29 is 36.7 Å². The van der Waals surface area contributed by atoms with Gasteiger partial charge in [0.15, 0.2) is 0 Å². The molecule has 2 heterocycles. The number of benzene rings is 1. The standard InChI is InChI=1S/C22H23F4N3O4/c23-17-12(19(27)31)7-6-11-15(17)18(16(22(24,25)26)10-4-2-1-3-5-10)29(21(11)33)13-8-9-14(30)28-20(13)32/h6-7,10,13,16,18H,1-5,8-9H2,(H2,27,31)(H,28,30,32)/t13?,16-,18?/m1/s1. The number of carbonyl (C=O) groups is 4. The van der Waals surface area contributed by atoms with E-state index in [-0.39, 0.29) is 31.2 Å². The van der Waals surface area contributed by atoms with Crippen LogP contribution in [-0.2, 0) is 9.59 Å². The number of primary amides is 1. The number of nitrogens with one attached hydrogen (secondary N) is 1. The summed E-state index contributed by atoms with van der Waals surface area (Å²) in [5.41, 5.74) is 3.69. The Hall–Kier alpha value is -2.98. The van der Waals surface area contributed by atoms with Gasteiger partial charge in [-0.2, -0.15) is 13.2 Å². The molecule has 1 aromatic carbocycles. The number of nitrogens with two attached hydrogens (primary N) is 1. The van der Waals surface area contributed by atoms with Crippen molar-refractivity contribution in [1.29, 1.82) is 0 Å². The van der Waals surface area contributed by atoms with Crippen LogP contribution in [0.4, 0.5) is 17.6 Å². The van der Waals surface area contributed by atoms with Crippen LogP contribution in [0.3, 0.4) is 0 Å². The van der Waals surface area contributed by atoms with Crippen molar-refractivity contribution >= 4 is 23.6 Å². The molecule has 0 bridgehead atoms. The lowest BCUT2D eigenvalue weighted by Gasteiger charge is -2.42. The van der Waals surface area contributed by atoms with Gasteiger partial charge in [0, 0.05) is 17.5 Å². The highest BCUT2D eigenvalue weighted by molar-refractivity contribution is 6.06. The van der Waals surface area contributed by atoms with Gasteiger partial charge < -0.3 is 10.6 Å². The number of carbonyl (C=O) groups excluding carboxylic acids is 4. The smallest absolute Gasteiger partial charge is 0.366 e. The fraction of sp³-hybridized carbons (Fsp3) is 0.545. The highest BCUT2D eigenvalue weighted by Crippen LogP contribution is 2.53. The van der Waals surface area contributed by atoms with E-state index in [9.17, 15) is 32.3 Å². The summed E-state index contributed by atoms with van der Waals surface area (Å²) in [7, 11) is 0. The number of piperidine rings is 1. The summed E-state index contributed by atoms with van der Waals surface area (Å²) in [4.78, 5) is 49.9. The second kappa shape index (κ2) is 8.42. The molecule has 2 aliphatic heterocycles. The van der Waals surface area contributed by atoms with Crippen molar-refractivity contribution in [3.63, 3.8) is 0 Å². The summed E-state index contributed by atoms with van der Waals surface area (Å²) in [5.74, 6) is -7.94. The zero-order chi connectivity index (χ0) is 24.1. The van der Waals surface area contributed by atoms with Crippen LogP contribution >= 0.6 is 0 Å². The number of rotatable bonds is 4. The van der Waals surface area contributed by atoms with E-state index in [1.807, 2.05) is 0 Å². The van der Waals surface area contributed by atoms with E-state index in [1.54, 1.807) is 0 Å². The fourth-order valence-electron chi connectivity index (χ4n) is 5.50. The Bertz CT molecular complexity index is 1020. The Kier molecular flexibility index (Phi) is 5.92. The van der Waals surface area contributed by atoms with E-state index in [0.29, 0.717) is 12.8 Å². The first kappa shape index (κ1) is 23.2. The van der Waals surface area contributed by atoms with Gasteiger partial charge in [-0.15, -0.1) is 0 Å². The molecule has 4 rings (SSSR count). The lowest BCUT2D eigenvalue weighted by Crippen LogP contribution is -2.56. The van der Waals surface area contributed by atoms with Gasteiger partial charge in [-0.1, -0.05) is 19.3 Å². The first-order chi connectivity index (χ1) is 15.5. The normalized spacial score (nSPS) is 25.1. The quantitative estimate of drug-likeness (QED) is 0.522. The second-order valence-electron chi connectivity index (χ2n) is 8.84. The molecule has 11 heteroatoms. The van der Waals surface area contributed by atoms with Crippen LogP contribution in [0.15, 0.2) is 12.1 Å². The number of fused-ring (bicyclic) bond motifs is 1. The SMILES string of the molecule is NC(=O)c1ccc2c(c1F)C([C@@H](C1CCCCC1)C(F)(F)F)N(C1CCC(=O)NC1=O)C2=O. The molecule has 3 atom stereocenters. The van der Waals surface area contributed by atoms with Gasteiger partial charge >= 0.3 is 6.18 Å². The third-order valence-electron chi connectivity index (χ3n) is 6.93. The number of amides is 4. The first-order valence-electron chi connectivity index (χ1n) is 10.9. The van der Waals surface area contributed by atoms with E-state index in [1.165, 1.54) is 0 Å². The molecule has 33 heavy (non-hydrogen) atoms. The van der Waals surface area contributed by atoms with Gasteiger partial charge in [-0.05, 0) is 37.3 Å². The molecule has 1 aliphatic carbocycles. The Morgan fingerprint density at radius 1 is 1.09 bits per heavy atom. The van der Waals surface area contributed by atoms with Gasteiger partial charge in [-0.3, -0.25) is 24.5 Å². The highest BCUT2D eigenvalue weighted by atomic mass is 19.4. The molecule has 0 aromatic heterocycles. The molecule has 3 aliphatic rings. The van der Waals surface area contributed by atoms with Crippen LogP contribution in [0, 0.1) is 17.7 Å². The van der Waals surface area contributed by atoms with Crippen molar-refractivity contribution in [1.82, 2.24) is 10.2 Å². The summed E-state index contributed by atoms with van der Waals surface area (Å²) in [6.07, 6.45) is -2.78. The molecule has 4 amide bonds. The fourth-order valence-corrected chi connectivity index (χ4v) is 5.50. The maximum absolute atomic E-state index is 15.5. The van der Waals surface area contributed by atoms with E-state index in [4.69, 9.17) is 5.73 Å². The minimum Gasteiger partial charge on any atom is -0.366 e. The van der Waals surface area contributed by atoms with E-state index >= 15 is 4.39 Å². The van der Waals surface area contributed by atoms with Crippen molar-refractivity contribution in [3.8, 4) is 0 Å². The van der Waals surface area contributed by atoms with Crippen LogP contribution in [0.5, 0.6) is 0 Å². The minimum atomic E-state index is -4.82. The predicted molar refractivity (Wildman–Crippen MR) is 106 cm³/mol. The van der Waals surface area contributed by atoms with Gasteiger partial charge in [-0.25, -0.2) is 4.39 Å². The lowest BCUT2D eigenvalue weighted by atomic mass is 9.74. The van der Waals surface area contributed by atoms with E-state index in [0.717, 1.165) is 23.5 Å². The monoisotopic (exact) mass is 469 g/mol. The lowest BCUT2D eigenvalue weighted by molar-refractivity contribution is -0.210. The summed E-state index contributed by atoms with van der Waals surface area (Å²) >= 11 is 0. The summed E-state index contributed by atoms with van der Waals surface area (Å²) < 4.78 is 59.1. The number of hydrogen-bond acceptors (Lipinski definition) is 4. The van der Waals surface area contributed by atoms with Gasteiger partial charge in [0.25, 0.3) is 11.8 Å². The Labute approximate surface area is 186 Å². The van der Waals surface area contributed by atoms with Crippen LogP contribution in [0.25, 0.3) is 0 Å². The molecule has 3 N–H and O–H groups in total. The molecule has 0 radical (unpaired) electrons. The van der Waals surface area contributed by atoms with Gasteiger partial charge in [0.05, 0.1) is 17.5 Å². The van der Waals surface area contributed by atoms with Crippen LogP contribution in [0.1, 0.15) is 77.3 Å². The predicted octanol–water partition coefficient (Wildman–Crippen LogP) is 2.99. The number of halogens is 4. The molecule has 2 unspecified atom stereocenters. The van der Waals surface area contributed by atoms with Crippen LogP contribution in [0.2, 0.25) is 0 Å². The zero-order valence-corrected chi connectivity index (χ0v) is 17.6.